The van der Waals surface area contributed by atoms with Crippen LogP contribution in [0.15, 0.2) is 12.1 Å². The summed E-state index contributed by atoms with van der Waals surface area (Å²) in [7, 11) is 0. The van der Waals surface area contributed by atoms with Gasteiger partial charge in [0.05, 0.1) is 5.69 Å². The molecule has 0 aromatic heterocycles. The van der Waals surface area contributed by atoms with Gasteiger partial charge in [-0.05, 0) is 30.2 Å². The van der Waals surface area contributed by atoms with E-state index in [0.717, 1.165) is 5.56 Å². The van der Waals surface area contributed by atoms with Crippen LogP contribution in [0.1, 0.15) is 11.1 Å². The summed E-state index contributed by atoms with van der Waals surface area (Å²) in [6.45, 7) is -1.11. The molecule has 2 N–H and O–H groups in total. The van der Waals surface area contributed by atoms with E-state index in [0.29, 0.717) is 25.1 Å². The van der Waals surface area contributed by atoms with Gasteiger partial charge in [0.15, 0.2) is 0 Å². The molecule has 0 fully saturated rings. The molecule has 0 radical (unpaired) electrons. The number of anilines is 1. The molecule has 1 aliphatic rings. The molecule has 0 bridgehead atoms. The second-order valence-electron chi connectivity index (χ2n) is 4.65. The van der Waals surface area contributed by atoms with Crippen molar-refractivity contribution in [2.24, 2.45) is 0 Å². The first-order valence-corrected chi connectivity index (χ1v) is 6.32. The highest BCUT2D eigenvalue weighted by Crippen LogP contribution is 2.24. The molecule has 1 amide bonds. The van der Waals surface area contributed by atoms with E-state index < -0.39 is 31.1 Å². The van der Waals surface area contributed by atoms with Crippen LogP contribution in [0.25, 0.3) is 0 Å². The molecule has 0 saturated heterocycles. The maximum Gasteiger partial charge on any atom is 0.411 e. The molecule has 0 unspecified atom stereocenters. The molecule has 1 heterocycles. The van der Waals surface area contributed by atoms with Crippen molar-refractivity contribution in [2.45, 2.75) is 19.1 Å². The van der Waals surface area contributed by atoms with Crippen LogP contribution < -0.4 is 10.6 Å². The number of hydrogen-bond donors (Lipinski definition) is 2. The van der Waals surface area contributed by atoms with Crippen molar-refractivity contribution in [1.29, 1.82) is 0 Å². The highest BCUT2D eigenvalue weighted by molar-refractivity contribution is 5.92. The van der Waals surface area contributed by atoms with Crippen LogP contribution in [-0.2, 0) is 22.5 Å². The Morgan fingerprint density at radius 1 is 1.36 bits per heavy atom. The molecule has 124 valence electrons. The lowest BCUT2D eigenvalue weighted by Gasteiger charge is -2.19. The molecular formula is C13H15ClF4N2O2. The smallest absolute Gasteiger partial charge is 0.362 e. The third-order valence-electron chi connectivity index (χ3n) is 2.98. The van der Waals surface area contributed by atoms with Crippen molar-refractivity contribution in [3.05, 3.63) is 29.1 Å². The van der Waals surface area contributed by atoms with Crippen LogP contribution >= 0.6 is 12.4 Å². The second-order valence-corrected chi connectivity index (χ2v) is 4.65. The highest BCUT2D eigenvalue weighted by Gasteiger charge is 2.28. The van der Waals surface area contributed by atoms with Crippen molar-refractivity contribution in [2.75, 3.05) is 25.1 Å². The lowest BCUT2D eigenvalue weighted by molar-refractivity contribution is -0.174. The Hall–Kier alpha value is -1.38. The lowest BCUT2D eigenvalue weighted by Crippen LogP contribution is -2.26. The van der Waals surface area contributed by atoms with Crippen LogP contribution in [0.3, 0.4) is 0 Å². The number of hydrogen-bond acceptors (Lipinski definition) is 3. The van der Waals surface area contributed by atoms with E-state index in [-0.39, 0.29) is 18.1 Å². The van der Waals surface area contributed by atoms with Crippen molar-refractivity contribution in [1.82, 2.24) is 5.32 Å². The molecule has 0 aliphatic carbocycles. The summed E-state index contributed by atoms with van der Waals surface area (Å²) in [6.07, 6.45) is -4.00. The van der Waals surface area contributed by atoms with Gasteiger partial charge in [0.2, 0.25) is 5.91 Å². The van der Waals surface area contributed by atoms with E-state index in [4.69, 9.17) is 0 Å². The fraction of sp³-hybridized carbons (Fsp3) is 0.462. The Labute approximate surface area is 130 Å². The second kappa shape index (κ2) is 7.75. The number of amides is 1. The SMILES string of the molecule is Cl.O=C(COCC(F)(F)F)Nc1ccc2c(c1F)CCNC2. The number of ether oxygens (including phenoxy) is 1. The van der Waals surface area contributed by atoms with Gasteiger partial charge in [-0.3, -0.25) is 4.79 Å². The summed E-state index contributed by atoms with van der Waals surface area (Å²) < 4.78 is 54.0. The Morgan fingerprint density at radius 3 is 2.77 bits per heavy atom. The molecule has 0 atom stereocenters. The van der Waals surface area contributed by atoms with Crippen LogP contribution in [0.5, 0.6) is 0 Å². The van der Waals surface area contributed by atoms with E-state index in [9.17, 15) is 22.4 Å². The number of nitrogens with one attached hydrogen (secondary N) is 2. The quantitative estimate of drug-likeness (QED) is 0.826. The minimum absolute atomic E-state index is 0. The van der Waals surface area contributed by atoms with Gasteiger partial charge < -0.3 is 15.4 Å². The van der Waals surface area contributed by atoms with Crippen LogP contribution in [0.2, 0.25) is 0 Å². The minimum atomic E-state index is -4.50. The van der Waals surface area contributed by atoms with E-state index in [1.54, 1.807) is 6.07 Å². The Kier molecular flexibility index (Phi) is 6.58. The number of rotatable bonds is 4. The fourth-order valence-corrected chi connectivity index (χ4v) is 2.08. The Bertz CT molecular complexity index is 538. The molecule has 0 spiro atoms. The fourth-order valence-electron chi connectivity index (χ4n) is 2.08. The number of carbonyl (C=O) groups is 1. The van der Waals surface area contributed by atoms with Gasteiger partial charge in [-0.2, -0.15) is 13.2 Å². The van der Waals surface area contributed by atoms with Gasteiger partial charge in [-0.1, -0.05) is 6.07 Å². The van der Waals surface area contributed by atoms with E-state index in [1.165, 1.54) is 6.07 Å². The Morgan fingerprint density at radius 2 is 2.09 bits per heavy atom. The summed E-state index contributed by atoms with van der Waals surface area (Å²) >= 11 is 0. The number of halogens is 5. The predicted molar refractivity (Wildman–Crippen MR) is 74.6 cm³/mol. The first-order valence-electron chi connectivity index (χ1n) is 6.32. The average Bonchev–Trinajstić information content (AvgIpc) is 2.41. The summed E-state index contributed by atoms with van der Waals surface area (Å²) in [5, 5.41) is 5.31. The highest BCUT2D eigenvalue weighted by atomic mass is 35.5. The van der Waals surface area contributed by atoms with Crippen LogP contribution in [0.4, 0.5) is 23.2 Å². The first-order chi connectivity index (χ1) is 9.87. The molecular weight excluding hydrogens is 328 g/mol. The zero-order chi connectivity index (χ0) is 15.5. The first kappa shape index (κ1) is 18.7. The van der Waals surface area contributed by atoms with Gasteiger partial charge in [0, 0.05) is 6.54 Å². The summed E-state index contributed by atoms with van der Waals surface area (Å²) in [5.41, 5.74) is 1.28. The van der Waals surface area contributed by atoms with Gasteiger partial charge in [0.1, 0.15) is 19.0 Å². The van der Waals surface area contributed by atoms with Gasteiger partial charge in [-0.15, -0.1) is 12.4 Å². The van der Waals surface area contributed by atoms with Crippen molar-refractivity contribution < 1.29 is 27.1 Å². The van der Waals surface area contributed by atoms with E-state index in [1.807, 2.05) is 0 Å². The van der Waals surface area contributed by atoms with Gasteiger partial charge in [-0.25, -0.2) is 4.39 Å². The zero-order valence-electron chi connectivity index (χ0n) is 11.4. The third-order valence-corrected chi connectivity index (χ3v) is 2.98. The number of fused-ring (bicyclic) bond motifs is 1. The summed E-state index contributed by atoms with van der Waals surface area (Å²) in [6, 6.07) is 3.07. The van der Waals surface area contributed by atoms with Crippen LogP contribution in [-0.4, -0.2) is 31.8 Å². The molecule has 2 rings (SSSR count). The van der Waals surface area contributed by atoms with Crippen molar-refractivity contribution >= 4 is 24.0 Å². The van der Waals surface area contributed by atoms with Crippen molar-refractivity contribution in [3.8, 4) is 0 Å². The molecule has 1 aliphatic heterocycles. The van der Waals surface area contributed by atoms with E-state index in [2.05, 4.69) is 15.4 Å². The number of benzene rings is 1. The minimum Gasteiger partial charge on any atom is -0.362 e. The van der Waals surface area contributed by atoms with Crippen LogP contribution in [0, 0.1) is 5.82 Å². The molecule has 1 aromatic carbocycles. The molecule has 22 heavy (non-hydrogen) atoms. The number of alkyl halides is 3. The molecule has 4 nitrogen and oxygen atoms in total. The standard InChI is InChI=1S/C13H14F4N2O2.ClH/c14-12-9-3-4-18-5-8(9)1-2-10(12)19-11(20)6-21-7-13(15,16)17;/h1-2,18H,3-7H2,(H,19,20);1H. The van der Waals surface area contributed by atoms with E-state index >= 15 is 0 Å². The Balaban J connectivity index is 0.00000242. The summed E-state index contributed by atoms with van der Waals surface area (Å²) in [5.74, 6) is -1.37. The lowest BCUT2D eigenvalue weighted by atomic mass is 9.99. The third kappa shape index (κ3) is 5.11. The zero-order valence-corrected chi connectivity index (χ0v) is 12.2. The topological polar surface area (TPSA) is 50.4 Å². The number of carbonyl (C=O) groups excluding carboxylic acids is 1. The molecule has 9 heteroatoms. The summed E-state index contributed by atoms with van der Waals surface area (Å²) in [4.78, 5) is 11.4. The maximum atomic E-state index is 14.2. The molecule has 0 saturated carbocycles. The molecule has 1 aromatic rings. The van der Waals surface area contributed by atoms with Gasteiger partial charge >= 0.3 is 6.18 Å². The normalized spacial score (nSPS) is 14.0. The monoisotopic (exact) mass is 342 g/mol. The van der Waals surface area contributed by atoms with Gasteiger partial charge in [0.25, 0.3) is 0 Å². The van der Waals surface area contributed by atoms with Crippen molar-refractivity contribution in [3.63, 3.8) is 0 Å². The average molecular weight is 343 g/mol. The maximum absolute atomic E-state index is 14.2. The largest absolute Gasteiger partial charge is 0.411 e. The predicted octanol–water partition coefficient (Wildman–Crippen LogP) is 2.41.